The zero-order valence-corrected chi connectivity index (χ0v) is 25.6. The lowest BCUT2D eigenvalue weighted by Gasteiger charge is -2.42. The van der Waals surface area contributed by atoms with Crippen molar-refractivity contribution in [2.45, 2.75) is 32.5 Å². The molecule has 43 heavy (non-hydrogen) atoms. The summed E-state index contributed by atoms with van der Waals surface area (Å²) in [6.07, 6.45) is 4.37. The molecule has 2 aromatic heterocycles. The fourth-order valence-corrected chi connectivity index (χ4v) is 5.15. The molecule has 3 heterocycles. The second kappa shape index (κ2) is 13.5. The molecule has 0 spiro atoms. The van der Waals surface area contributed by atoms with Gasteiger partial charge in [-0.3, -0.25) is 9.36 Å². The second-order valence-corrected chi connectivity index (χ2v) is 11.2. The van der Waals surface area contributed by atoms with Crippen LogP contribution in [0.15, 0.2) is 67.3 Å². The first kappa shape index (κ1) is 30.4. The molecule has 5 rings (SSSR count). The topological polar surface area (TPSA) is 118 Å². The van der Waals surface area contributed by atoms with Gasteiger partial charge in [-0.05, 0) is 44.2 Å². The van der Waals surface area contributed by atoms with Gasteiger partial charge in [0.25, 0.3) is 0 Å². The van der Waals surface area contributed by atoms with E-state index >= 15 is 0 Å². The SMILES string of the molecule is Cc1ccc(OC(C)NC(=O)CC2CN(C(=O)Nc3ccc(Cl)c(Cl)c3)CCN2c2cc(Cl)nc(-n3ccnc3)n2)cc1. The molecule has 2 N–H and O–H groups in total. The van der Waals surface area contributed by atoms with Crippen molar-refractivity contribution in [1.29, 1.82) is 0 Å². The number of urea groups is 1. The van der Waals surface area contributed by atoms with Gasteiger partial charge in [0.2, 0.25) is 11.9 Å². The van der Waals surface area contributed by atoms with Crippen LogP contribution in [-0.2, 0) is 4.79 Å². The minimum absolute atomic E-state index is 0.0557. The van der Waals surface area contributed by atoms with Crippen LogP contribution in [-0.4, -0.2) is 68.3 Å². The molecule has 1 fully saturated rings. The number of halogens is 3. The third kappa shape index (κ3) is 7.86. The van der Waals surface area contributed by atoms with Gasteiger partial charge in [-0.1, -0.05) is 52.5 Å². The summed E-state index contributed by atoms with van der Waals surface area (Å²) in [6, 6.07) is 13.3. The minimum Gasteiger partial charge on any atom is -0.471 e. The molecule has 0 bridgehead atoms. The van der Waals surface area contributed by atoms with Crippen LogP contribution >= 0.6 is 34.8 Å². The molecule has 1 saturated heterocycles. The van der Waals surface area contributed by atoms with E-state index in [9.17, 15) is 9.59 Å². The van der Waals surface area contributed by atoms with Gasteiger partial charge in [0.15, 0.2) is 6.23 Å². The van der Waals surface area contributed by atoms with E-state index in [1.807, 2.05) is 36.1 Å². The van der Waals surface area contributed by atoms with Crippen LogP contribution in [0.5, 0.6) is 5.75 Å². The number of hydrogen-bond donors (Lipinski definition) is 2. The van der Waals surface area contributed by atoms with Crippen LogP contribution in [0.25, 0.3) is 5.95 Å². The monoisotopic (exact) mass is 642 g/mol. The van der Waals surface area contributed by atoms with Gasteiger partial charge in [0.05, 0.1) is 16.1 Å². The van der Waals surface area contributed by atoms with Gasteiger partial charge in [0.1, 0.15) is 23.0 Å². The summed E-state index contributed by atoms with van der Waals surface area (Å²) in [5, 5.41) is 6.70. The van der Waals surface area contributed by atoms with Crippen molar-refractivity contribution < 1.29 is 14.3 Å². The third-order valence-electron chi connectivity index (χ3n) is 6.76. The number of anilines is 2. The van der Waals surface area contributed by atoms with Crippen LogP contribution < -0.4 is 20.3 Å². The van der Waals surface area contributed by atoms with Gasteiger partial charge in [0, 0.05) is 50.2 Å². The molecule has 1 aliphatic rings. The predicted molar refractivity (Wildman–Crippen MR) is 166 cm³/mol. The smallest absolute Gasteiger partial charge is 0.321 e. The van der Waals surface area contributed by atoms with Crippen molar-refractivity contribution in [3.8, 4) is 11.7 Å². The van der Waals surface area contributed by atoms with Crippen molar-refractivity contribution in [2.75, 3.05) is 29.9 Å². The lowest BCUT2D eigenvalue weighted by atomic mass is 10.1. The Morgan fingerprint density at radius 3 is 2.56 bits per heavy atom. The normalized spacial score (nSPS) is 15.6. The van der Waals surface area contributed by atoms with Crippen molar-refractivity contribution in [2.24, 2.45) is 0 Å². The van der Waals surface area contributed by atoms with Crippen LogP contribution in [0.3, 0.4) is 0 Å². The molecule has 0 saturated carbocycles. The van der Waals surface area contributed by atoms with Crippen molar-refractivity contribution in [3.63, 3.8) is 0 Å². The first-order chi connectivity index (χ1) is 20.6. The standard InChI is InChI=1S/C29H29Cl3N8O3/c1-18-3-6-22(7-4-18)43-19(2)34-27(41)14-21-16-38(29(42)35-20-5-8-23(30)24(31)13-20)11-12-40(21)26-15-25(32)36-28(37-26)39-10-9-33-17-39/h3-10,13,15,17,19,21H,11-12,14,16H2,1-2H3,(H,34,41)(H,35,42). The first-order valence-electron chi connectivity index (χ1n) is 13.5. The summed E-state index contributed by atoms with van der Waals surface area (Å²) >= 11 is 18.5. The van der Waals surface area contributed by atoms with Gasteiger partial charge < -0.3 is 25.2 Å². The number of aromatic nitrogens is 4. The molecule has 0 aliphatic carbocycles. The second-order valence-electron chi connectivity index (χ2n) is 10.0. The number of nitrogens with zero attached hydrogens (tertiary/aromatic N) is 6. The number of piperazine rings is 1. The summed E-state index contributed by atoms with van der Waals surface area (Å²) in [5.41, 5.74) is 1.61. The van der Waals surface area contributed by atoms with Crippen molar-refractivity contribution in [1.82, 2.24) is 29.7 Å². The van der Waals surface area contributed by atoms with Crippen LogP contribution in [0.1, 0.15) is 18.9 Å². The summed E-state index contributed by atoms with van der Waals surface area (Å²) in [6.45, 7) is 4.73. The van der Waals surface area contributed by atoms with E-state index in [1.165, 1.54) is 0 Å². The predicted octanol–water partition coefficient (Wildman–Crippen LogP) is 5.58. The summed E-state index contributed by atoms with van der Waals surface area (Å²) in [5.74, 6) is 1.25. The van der Waals surface area contributed by atoms with Gasteiger partial charge in [-0.2, -0.15) is 4.98 Å². The van der Waals surface area contributed by atoms with Gasteiger partial charge >= 0.3 is 6.03 Å². The molecule has 0 radical (unpaired) electrons. The van der Waals surface area contributed by atoms with E-state index in [0.29, 0.717) is 46.3 Å². The Balaban J connectivity index is 1.33. The van der Waals surface area contributed by atoms with E-state index < -0.39 is 12.3 Å². The quantitative estimate of drug-likeness (QED) is 0.190. The molecule has 2 aromatic carbocycles. The molecule has 4 aromatic rings. The fourth-order valence-electron chi connectivity index (χ4n) is 4.68. The number of ether oxygens (including phenoxy) is 1. The first-order valence-corrected chi connectivity index (χ1v) is 14.6. The van der Waals surface area contributed by atoms with Gasteiger partial charge in [-0.25, -0.2) is 14.8 Å². The molecule has 14 heteroatoms. The fraction of sp³-hybridized carbons (Fsp3) is 0.276. The maximum Gasteiger partial charge on any atom is 0.321 e. The molecule has 11 nitrogen and oxygen atoms in total. The molecule has 2 unspecified atom stereocenters. The number of benzene rings is 2. The lowest BCUT2D eigenvalue weighted by molar-refractivity contribution is -0.123. The molecule has 2 atom stereocenters. The maximum absolute atomic E-state index is 13.3. The van der Waals surface area contributed by atoms with E-state index in [-0.39, 0.29) is 30.1 Å². The highest BCUT2D eigenvalue weighted by Crippen LogP contribution is 2.27. The number of rotatable bonds is 8. The Morgan fingerprint density at radius 2 is 1.84 bits per heavy atom. The molecular weight excluding hydrogens is 615 g/mol. The zero-order chi connectivity index (χ0) is 30.5. The van der Waals surface area contributed by atoms with Crippen LogP contribution in [0.4, 0.5) is 16.3 Å². The Hall–Kier alpha value is -4.06. The van der Waals surface area contributed by atoms with Crippen molar-refractivity contribution >= 4 is 58.2 Å². The lowest BCUT2D eigenvalue weighted by Crippen LogP contribution is -2.57. The molecule has 1 aliphatic heterocycles. The minimum atomic E-state index is -0.581. The third-order valence-corrected chi connectivity index (χ3v) is 7.69. The van der Waals surface area contributed by atoms with Crippen LogP contribution in [0.2, 0.25) is 15.2 Å². The largest absolute Gasteiger partial charge is 0.471 e. The Morgan fingerprint density at radius 1 is 1.05 bits per heavy atom. The summed E-state index contributed by atoms with van der Waals surface area (Å²) in [7, 11) is 0. The van der Waals surface area contributed by atoms with Crippen molar-refractivity contribution in [3.05, 3.63) is 88.0 Å². The number of nitrogens with one attached hydrogen (secondary N) is 2. The number of carbonyl (C=O) groups excluding carboxylic acids is 2. The number of carbonyl (C=O) groups is 2. The molecule has 224 valence electrons. The highest BCUT2D eigenvalue weighted by atomic mass is 35.5. The zero-order valence-electron chi connectivity index (χ0n) is 23.4. The highest BCUT2D eigenvalue weighted by Gasteiger charge is 2.33. The average Bonchev–Trinajstić information content (AvgIpc) is 3.51. The number of aryl methyl sites for hydroxylation is 1. The number of amides is 3. The average molecular weight is 644 g/mol. The summed E-state index contributed by atoms with van der Waals surface area (Å²) < 4.78 is 7.51. The van der Waals surface area contributed by atoms with E-state index in [2.05, 4.69) is 25.6 Å². The molecular formula is C29H29Cl3N8O3. The number of imidazole rings is 1. The molecule has 3 amide bonds. The van der Waals surface area contributed by atoms with E-state index in [1.54, 1.807) is 59.4 Å². The Bertz CT molecular complexity index is 1590. The number of hydrogen-bond acceptors (Lipinski definition) is 7. The van der Waals surface area contributed by atoms with Gasteiger partial charge in [-0.15, -0.1) is 0 Å². The summed E-state index contributed by atoms with van der Waals surface area (Å²) in [4.78, 5) is 43.2. The van der Waals surface area contributed by atoms with E-state index in [4.69, 9.17) is 39.5 Å². The Kier molecular flexibility index (Phi) is 9.54. The highest BCUT2D eigenvalue weighted by molar-refractivity contribution is 6.42. The van der Waals surface area contributed by atoms with Crippen LogP contribution in [0, 0.1) is 6.92 Å². The van der Waals surface area contributed by atoms with E-state index in [0.717, 1.165) is 5.56 Å². The maximum atomic E-state index is 13.3. The Labute approximate surface area is 263 Å².